The lowest BCUT2D eigenvalue weighted by Gasteiger charge is -2.15. The van der Waals surface area contributed by atoms with Gasteiger partial charge in [0, 0.05) is 19.0 Å². The summed E-state index contributed by atoms with van der Waals surface area (Å²) in [6.07, 6.45) is 5.34. The van der Waals surface area contributed by atoms with Crippen LogP contribution in [0.5, 0.6) is 0 Å². The van der Waals surface area contributed by atoms with Crippen LogP contribution < -0.4 is 11.0 Å². The molecule has 1 unspecified atom stereocenters. The first-order chi connectivity index (χ1) is 8.76. The highest BCUT2D eigenvalue weighted by Crippen LogP contribution is 2.09. The van der Waals surface area contributed by atoms with Crippen molar-refractivity contribution in [1.82, 2.24) is 19.7 Å². The number of hydrogen-bond donors (Lipinski definition) is 1. The van der Waals surface area contributed by atoms with Gasteiger partial charge in [-0.3, -0.25) is 4.57 Å². The molecule has 2 rings (SSSR count). The largest absolute Gasteiger partial charge is 0.345 e. The van der Waals surface area contributed by atoms with E-state index < -0.39 is 0 Å². The van der Waals surface area contributed by atoms with E-state index in [1.54, 1.807) is 4.68 Å². The maximum atomic E-state index is 12.2. The molecule has 0 amide bonds. The van der Waals surface area contributed by atoms with Gasteiger partial charge in [-0.15, -0.1) is 0 Å². The monoisotopic (exact) mass is 252 g/mol. The van der Waals surface area contributed by atoms with Crippen LogP contribution in [0.3, 0.4) is 0 Å². The maximum Gasteiger partial charge on any atom is 0.345 e. The van der Waals surface area contributed by atoms with Gasteiger partial charge in [0.25, 0.3) is 0 Å². The molecule has 0 bridgehead atoms. The molecule has 0 spiro atoms. The minimum atomic E-state index is 0.0708. The van der Waals surface area contributed by atoms with Crippen LogP contribution in [0.1, 0.15) is 45.4 Å². The summed E-state index contributed by atoms with van der Waals surface area (Å²) in [4.78, 5) is 12.2. The SMILES string of the molecule is CCCNC(CC)Cn1nc2n(c1=O)CCCC2. The molecule has 0 radical (unpaired) electrons. The molecular formula is C13H24N4O. The molecule has 1 aliphatic rings. The van der Waals surface area contributed by atoms with Gasteiger partial charge in [-0.05, 0) is 32.2 Å². The Balaban J connectivity index is 2.08. The quantitative estimate of drug-likeness (QED) is 0.826. The highest BCUT2D eigenvalue weighted by atomic mass is 16.2. The van der Waals surface area contributed by atoms with Crippen LogP contribution in [0, 0.1) is 0 Å². The predicted molar refractivity (Wildman–Crippen MR) is 71.8 cm³/mol. The van der Waals surface area contributed by atoms with Crippen molar-refractivity contribution in [2.45, 2.75) is 65.1 Å². The first kappa shape index (κ1) is 13.3. The zero-order valence-electron chi connectivity index (χ0n) is 11.5. The minimum absolute atomic E-state index is 0.0708. The number of fused-ring (bicyclic) bond motifs is 1. The van der Waals surface area contributed by atoms with E-state index in [-0.39, 0.29) is 5.69 Å². The molecule has 2 heterocycles. The van der Waals surface area contributed by atoms with E-state index in [4.69, 9.17) is 0 Å². The molecule has 0 saturated heterocycles. The smallest absolute Gasteiger partial charge is 0.312 e. The lowest BCUT2D eigenvalue weighted by molar-refractivity contribution is 0.407. The van der Waals surface area contributed by atoms with Crippen LogP contribution in [-0.2, 0) is 19.5 Å². The van der Waals surface area contributed by atoms with Gasteiger partial charge in [-0.2, -0.15) is 5.10 Å². The molecule has 0 aromatic carbocycles. The average Bonchev–Trinajstić information content (AvgIpc) is 2.72. The van der Waals surface area contributed by atoms with E-state index in [1.807, 2.05) is 4.57 Å². The lowest BCUT2D eigenvalue weighted by atomic mass is 10.2. The van der Waals surface area contributed by atoms with Gasteiger partial charge >= 0.3 is 5.69 Å². The van der Waals surface area contributed by atoms with Gasteiger partial charge in [-0.25, -0.2) is 9.48 Å². The minimum Gasteiger partial charge on any atom is -0.312 e. The Kier molecular flexibility index (Phi) is 4.58. The molecule has 5 heteroatoms. The number of aromatic nitrogens is 3. The predicted octanol–water partition coefficient (Wildman–Crippen LogP) is 1.16. The summed E-state index contributed by atoms with van der Waals surface area (Å²) in [6, 6.07) is 0.347. The fraction of sp³-hybridized carbons (Fsp3) is 0.846. The highest BCUT2D eigenvalue weighted by Gasteiger charge is 2.18. The molecule has 102 valence electrons. The Morgan fingerprint density at radius 3 is 2.89 bits per heavy atom. The van der Waals surface area contributed by atoms with Crippen molar-refractivity contribution in [2.75, 3.05) is 6.54 Å². The Bertz CT molecular complexity index is 435. The van der Waals surface area contributed by atoms with Crippen LogP contribution in [0.4, 0.5) is 0 Å². The van der Waals surface area contributed by atoms with Gasteiger partial charge in [-0.1, -0.05) is 13.8 Å². The van der Waals surface area contributed by atoms with E-state index in [2.05, 4.69) is 24.3 Å². The second kappa shape index (κ2) is 6.18. The summed E-state index contributed by atoms with van der Waals surface area (Å²) < 4.78 is 3.49. The second-order valence-electron chi connectivity index (χ2n) is 5.05. The van der Waals surface area contributed by atoms with Gasteiger partial charge in [0.15, 0.2) is 0 Å². The molecule has 5 nitrogen and oxygen atoms in total. The summed E-state index contributed by atoms with van der Waals surface area (Å²) in [5.41, 5.74) is 0.0708. The van der Waals surface area contributed by atoms with Gasteiger partial charge in [0.05, 0.1) is 6.54 Å². The zero-order valence-corrected chi connectivity index (χ0v) is 11.5. The van der Waals surface area contributed by atoms with Crippen molar-refractivity contribution in [3.8, 4) is 0 Å². The molecule has 1 aliphatic heterocycles. The third-order valence-corrected chi connectivity index (χ3v) is 3.60. The Hall–Kier alpha value is -1.10. The summed E-state index contributed by atoms with van der Waals surface area (Å²) in [5.74, 6) is 0.969. The third kappa shape index (κ3) is 2.83. The number of hydrogen-bond acceptors (Lipinski definition) is 3. The highest BCUT2D eigenvalue weighted by molar-refractivity contribution is 4.91. The number of rotatable bonds is 6. The summed E-state index contributed by atoms with van der Waals surface area (Å²) in [5, 5.41) is 7.94. The van der Waals surface area contributed by atoms with Crippen molar-refractivity contribution in [3.05, 3.63) is 16.3 Å². The molecule has 1 N–H and O–H groups in total. The number of nitrogens with zero attached hydrogens (tertiary/aromatic N) is 3. The standard InChI is InChI=1S/C13H24N4O/c1-3-8-14-11(4-2)10-17-13(18)16-9-6-5-7-12(16)15-17/h11,14H,3-10H2,1-2H3. The van der Waals surface area contributed by atoms with Crippen LogP contribution in [-0.4, -0.2) is 26.9 Å². The van der Waals surface area contributed by atoms with Crippen LogP contribution in [0.2, 0.25) is 0 Å². The van der Waals surface area contributed by atoms with Gasteiger partial charge in [0.2, 0.25) is 0 Å². The Labute approximate surface area is 108 Å². The maximum absolute atomic E-state index is 12.2. The van der Waals surface area contributed by atoms with Crippen molar-refractivity contribution >= 4 is 0 Å². The molecular weight excluding hydrogens is 228 g/mol. The fourth-order valence-corrected chi connectivity index (χ4v) is 2.46. The Morgan fingerprint density at radius 1 is 1.39 bits per heavy atom. The van der Waals surface area contributed by atoms with Crippen molar-refractivity contribution < 1.29 is 0 Å². The number of nitrogens with one attached hydrogen (secondary N) is 1. The molecule has 1 atom stereocenters. The third-order valence-electron chi connectivity index (χ3n) is 3.60. The first-order valence-electron chi connectivity index (χ1n) is 7.16. The van der Waals surface area contributed by atoms with E-state index in [1.165, 1.54) is 0 Å². The van der Waals surface area contributed by atoms with Crippen molar-refractivity contribution in [2.24, 2.45) is 0 Å². The van der Waals surface area contributed by atoms with Crippen LogP contribution in [0.15, 0.2) is 4.79 Å². The summed E-state index contributed by atoms with van der Waals surface area (Å²) in [7, 11) is 0. The van der Waals surface area contributed by atoms with Gasteiger partial charge in [0.1, 0.15) is 5.82 Å². The van der Waals surface area contributed by atoms with Gasteiger partial charge < -0.3 is 5.32 Å². The lowest BCUT2D eigenvalue weighted by Crippen LogP contribution is -2.37. The molecule has 1 aromatic heterocycles. The second-order valence-corrected chi connectivity index (χ2v) is 5.05. The Morgan fingerprint density at radius 2 is 2.22 bits per heavy atom. The summed E-state index contributed by atoms with van der Waals surface area (Å²) >= 11 is 0. The van der Waals surface area contributed by atoms with E-state index in [0.29, 0.717) is 12.6 Å². The van der Waals surface area contributed by atoms with Crippen LogP contribution in [0.25, 0.3) is 0 Å². The van der Waals surface area contributed by atoms with Crippen molar-refractivity contribution in [3.63, 3.8) is 0 Å². The fourth-order valence-electron chi connectivity index (χ4n) is 2.46. The number of aryl methyl sites for hydroxylation is 1. The molecule has 18 heavy (non-hydrogen) atoms. The van der Waals surface area contributed by atoms with E-state index in [9.17, 15) is 4.79 Å². The van der Waals surface area contributed by atoms with Crippen LogP contribution >= 0.6 is 0 Å². The normalized spacial score (nSPS) is 16.6. The molecule has 0 saturated carbocycles. The summed E-state index contributed by atoms with van der Waals surface area (Å²) in [6.45, 7) is 6.83. The zero-order chi connectivity index (χ0) is 13.0. The first-order valence-corrected chi connectivity index (χ1v) is 7.16. The molecule has 0 aliphatic carbocycles. The van der Waals surface area contributed by atoms with E-state index >= 15 is 0 Å². The topological polar surface area (TPSA) is 51.9 Å². The average molecular weight is 252 g/mol. The molecule has 0 fully saturated rings. The van der Waals surface area contributed by atoms with E-state index in [0.717, 1.165) is 51.0 Å². The molecule has 1 aromatic rings. The van der Waals surface area contributed by atoms with Crippen molar-refractivity contribution in [1.29, 1.82) is 0 Å².